The lowest BCUT2D eigenvalue weighted by Gasteiger charge is -2.19. The van der Waals surface area contributed by atoms with Gasteiger partial charge in [-0.2, -0.15) is 0 Å². The number of aliphatic carboxylic acids is 3. The molecule has 0 bridgehead atoms. The molecule has 0 fully saturated rings. The zero-order valence-electron chi connectivity index (χ0n) is 66.3. The fraction of sp³-hybridized carbons (Fsp3) is 0.667. The van der Waals surface area contributed by atoms with Crippen molar-refractivity contribution in [2.75, 3.05) is 66.0 Å². The van der Waals surface area contributed by atoms with Crippen LogP contribution in [0, 0.1) is 10.1 Å². The average Bonchev–Trinajstić information content (AvgIpc) is 0.890. The summed E-state index contributed by atoms with van der Waals surface area (Å²) in [7, 11) is 0. The smallest absolute Gasteiger partial charge is 0.481 e. The number of aliphatic hydroxyl groups excluding tert-OH is 3. The number of benzene rings is 1. The van der Waals surface area contributed by atoms with Crippen LogP contribution in [0.2, 0.25) is 0 Å². The third-order valence-electron chi connectivity index (χ3n) is 10.2. The number of aliphatic hydroxyl groups is 3. The lowest BCUT2D eigenvalue weighted by molar-refractivity contribution is -0.384. The number of nitrogens with two attached hydrogens (primary N) is 4. The topological polar surface area (TPSA) is 682 Å². The van der Waals surface area contributed by atoms with E-state index in [-0.39, 0.29) is 158 Å². The molecule has 43 nitrogen and oxygen atoms in total. The summed E-state index contributed by atoms with van der Waals surface area (Å²) in [6.07, 6.45) is -2.00. The Morgan fingerprint density at radius 2 is 0.652 bits per heavy atom. The lowest BCUT2D eigenvalue weighted by atomic mass is 10.2. The lowest BCUT2D eigenvalue weighted by Crippen LogP contribution is -2.31. The fourth-order valence-corrected chi connectivity index (χ4v) is 6.06. The number of carboxylic acid groups (broad SMARTS) is 3. The molecule has 0 radical (unpaired) electrons. The largest absolute Gasteiger partial charge is 0.513 e. The van der Waals surface area contributed by atoms with Gasteiger partial charge in [-0.25, -0.2) is 25.0 Å². The maximum atomic E-state index is 11.7. The maximum absolute atomic E-state index is 11.7. The Bertz CT molecular complexity index is 3010. The van der Waals surface area contributed by atoms with E-state index in [1.807, 2.05) is 0 Å². The first-order chi connectivity index (χ1) is 51.5. The molecular weight excluding hydrogens is 1500 g/mol. The van der Waals surface area contributed by atoms with Crippen molar-refractivity contribution in [3.8, 4) is 5.75 Å². The van der Waals surface area contributed by atoms with E-state index in [9.17, 15) is 86.8 Å². The van der Waals surface area contributed by atoms with E-state index in [2.05, 4.69) is 21.2 Å². The van der Waals surface area contributed by atoms with Gasteiger partial charge in [-0.3, -0.25) is 89.6 Å². The molecule has 0 aliphatic rings. The summed E-state index contributed by atoms with van der Waals surface area (Å²) < 4.78 is 57.8. The van der Waals surface area contributed by atoms with Crippen LogP contribution in [0.15, 0.2) is 24.3 Å². The first-order valence-corrected chi connectivity index (χ1v) is 34.1. The van der Waals surface area contributed by atoms with Crippen molar-refractivity contribution in [1.29, 1.82) is 0 Å². The average molecular weight is 1620 g/mol. The predicted molar refractivity (Wildman–Crippen MR) is 387 cm³/mol. The molecule has 1 rings (SSSR count). The molecule has 1 aromatic rings. The number of ketones is 3. The zero-order chi connectivity index (χ0) is 88.5. The Hall–Kier alpha value is -10.5. The number of nitrogens with zero attached hydrogens (tertiary/aromatic N) is 1. The standard InChI is InChI=1S/C20H25NO10.C14H24N2O7.C13H22O6.C10H16O6.C8H14O4.C2H7NO.C2H4O3.H4N2/c1-20(2,3)31-18(24)11-10-17(23)29-13-15(22)5-4-12-28-19(25)30-16-8-6-14(7-9-16)21(26)27;1-14(2,3)23-12(19)7-6-11(18)22-9-10(17)5-4-8-21-13(20)16-15;1-13(2,3)19-12(17)7-6-11(16)18-9-10(15)5-4-8-14;1-10(2,3)16-9(14)5-4-8(13)15-6-7(11)12;1-8(2,3)12-7(11)5-4-6(9)10;3-1-2-4;3-1-2(4)5;1-2/h6-9H,4-5,10-13H2,1-3H3;4-9,15H2,1-3H3,(H,16,20);14H,4-9H2,1-3H3;4-6H2,1-3H3,(H,11,12);4-5H2,1-3H3,(H,9,10);4H,1-3H2;3H,1H2,(H,4,5);1-2H2. The van der Waals surface area contributed by atoms with Crippen molar-refractivity contribution in [1.82, 2.24) is 5.43 Å². The van der Waals surface area contributed by atoms with Crippen LogP contribution in [0.4, 0.5) is 15.3 Å². The number of amides is 1. The molecule has 0 aromatic heterocycles. The van der Waals surface area contributed by atoms with Crippen LogP contribution >= 0.6 is 0 Å². The molecular formula is C69H116N6O37. The molecule has 0 spiro atoms. The van der Waals surface area contributed by atoms with Crippen LogP contribution in [0.25, 0.3) is 0 Å². The molecule has 0 aliphatic carbocycles. The highest BCUT2D eigenvalue weighted by atomic mass is 16.7. The Labute approximate surface area is 648 Å². The second-order valence-corrected chi connectivity index (χ2v) is 26.8. The normalized spacial score (nSPS) is 10.3. The molecule has 0 saturated heterocycles. The highest BCUT2D eigenvalue weighted by Gasteiger charge is 2.23. The Kier molecular flexibility index (Phi) is 68.0. The van der Waals surface area contributed by atoms with Gasteiger partial charge in [0.25, 0.3) is 5.69 Å². The van der Waals surface area contributed by atoms with Crippen molar-refractivity contribution >= 4 is 107 Å². The van der Waals surface area contributed by atoms with E-state index >= 15 is 0 Å². The summed E-state index contributed by atoms with van der Waals surface area (Å²) in [6.45, 7) is 23.6. The van der Waals surface area contributed by atoms with E-state index in [4.69, 9.17) is 94.4 Å². The molecule has 15 N–H and O–H groups in total. The van der Waals surface area contributed by atoms with Crippen LogP contribution in [0.1, 0.15) is 207 Å². The molecule has 1 amide bonds. The van der Waals surface area contributed by atoms with Crippen molar-refractivity contribution in [2.45, 2.75) is 235 Å². The van der Waals surface area contributed by atoms with Gasteiger partial charge >= 0.3 is 83.9 Å². The van der Waals surface area contributed by atoms with Gasteiger partial charge in [0, 0.05) is 44.5 Å². The summed E-state index contributed by atoms with van der Waals surface area (Å²) in [5.74, 6) is 3.35. The summed E-state index contributed by atoms with van der Waals surface area (Å²) in [4.78, 5) is 197. The minimum Gasteiger partial charge on any atom is -0.481 e. The van der Waals surface area contributed by atoms with Crippen LogP contribution in [0.5, 0.6) is 5.75 Å². The van der Waals surface area contributed by atoms with Gasteiger partial charge < -0.3 is 93.2 Å². The number of rotatable bonds is 38. The van der Waals surface area contributed by atoms with Gasteiger partial charge in [0.2, 0.25) is 0 Å². The Balaban J connectivity index is -0.000000244. The number of hydrogen-bond acceptors (Lipinski definition) is 38. The van der Waals surface area contributed by atoms with Gasteiger partial charge in [0.05, 0.1) is 89.0 Å². The van der Waals surface area contributed by atoms with Crippen LogP contribution < -0.4 is 33.4 Å². The minimum absolute atomic E-state index is 0.00412. The minimum atomic E-state index is -1.23. The molecule has 0 unspecified atom stereocenters. The number of nitro benzene ring substituents is 1. The number of non-ortho nitro benzene ring substituents is 1. The van der Waals surface area contributed by atoms with E-state index in [0.29, 0.717) is 19.4 Å². The number of carbonyl (C=O) groups is 17. The van der Waals surface area contributed by atoms with Gasteiger partial charge in [-0.1, -0.05) is 0 Å². The van der Waals surface area contributed by atoms with Crippen LogP contribution in [-0.4, -0.2) is 231 Å². The highest BCUT2D eigenvalue weighted by molar-refractivity contribution is 5.86. The number of hydrogen-bond donors (Lipinski definition) is 11. The second kappa shape index (κ2) is 66.3. The van der Waals surface area contributed by atoms with Gasteiger partial charge in [0.15, 0.2) is 24.0 Å². The summed E-state index contributed by atoms with van der Waals surface area (Å²) in [6, 6.07) is 4.85. The number of ether oxygens (including phenoxy) is 12. The predicted octanol–water partition coefficient (Wildman–Crippen LogP) is 3.47. The third-order valence-corrected chi connectivity index (χ3v) is 10.2. The second-order valence-electron chi connectivity index (χ2n) is 26.8. The monoisotopic (exact) mass is 1620 g/mol. The molecule has 0 heterocycles. The van der Waals surface area contributed by atoms with E-state index < -0.39 is 137 Å². The van der Waals surface area contributed by atoms with Crippen LogP contribution in [-0.2, 0) is 124 Å². The molecule has 0 atom stereocenters. The molecule has 0 aliphatic heterocycles. The number of carbonyl (C=O) groups excluding carboxylic acids is 14. The Morgan fingerprint density at radius 3 is 0.893 bits per heavy atom. The molecule has 644 valence electrons. The number of nitrogens with one attached hydrogen (secondary N) is 1. The molecule has 0 saturated carbocycles. The van der Waals surface area contributed by atoms with Crippen molar-refractivity contribution in [2.24, 2.45) is 23.3 Å². The number of esters is 9. The van der Waals surface area contributed by atoms with Crippen molar-refractivity contribution in [3.63, 3.8) is 0 Å². The van der Waals surface area contributed by atoms with E-state index in [0.717, 1.165) is 0 Å². The quantitative estimate of drug-likeness (QED) is 0.00660. The van der Waals surface area contributed by atoms with Crippen molar-refractivity contribution < 1.29 is 174 Å². The molecule has 1 aromatic carbocycles. The molecule has 43 heteroatoms. The zero-order valence-corrected chi connectivity index (χ0v) is 66.3. The van der Waals surface area contributed by atoms with Crippen molar-refractivity contribution in [3.05, 3.63) is 34.4 Å². The highest BCUT2D eigenvalue weighted by Crippen LogP contribution is 2.19. The third kappa shape index (κ3) is 95.6. The SMILES string of the molecule is CC(C)(C)OC(=O)CCC(=O)O.CC(C)(C)OC(=O)CCC(=O)OCC(=O)CCCO.CC(C)(C)OC(=O)CCC(=O)OCC(=O)CCCOC(=O)NN.CC(C)(C)OC(=O)CCC(=O)OCC(=O)CCCOC(=O)Oc1ccc([N+](=O)[O-])cc1.CC(C)(C)OC(=O)CCC(=O)OCC(=O)O.NCCO.NN.O=C(O)CO. The maximum Gasteiger partial charge on any atom is 0.513 e. The number of hydrazine groups is 2. The fourth-order valence-electron chi connectivity index (χ4n) is 6.06. The van der Waals surface area contributed by atoms with E-state index in [1.54, 1.807) is 109 Å². The van der Waals surface area contributed by atoms with Gasteiger partial charge in [-0.15, -0.1) is 0 Å². The Morgan fingerprint density at radius 1 is 0.384 bits per heavy atom. The summed E-state index contributed by atoms with van der Waals surface area (Å²) in [5, 5.41) is 58.3. The molecule has 112 heavy (non-hydrogen) atoms. The number of Topliss-reactive ketones (excluding diaryl/α,β-unsaturated/α-hetero) is 3. The van der Waals surface area contributed by atoms with Gasteiger partial charge in [-0.05, 0) is 135 Å². The van der Waals surface area contributed by atoms with E-state index in [1.165, 1.54) is 24.3 Å². The first-order valence-electron chi connectivity index (χ1n) is 34.1. The first kappa shape index (κ1) is 115. The number of nitro groups is 1. The number of carboxylic acids is 3. The summed E-state index contributed by atoms with van der Waals surface area (Å²) >= 11 is 0. The van der Waals surface area contributed by atoms with Gasteiger partial charge in [0.1, 0.15) is 60.2 Å². The van der Waals surface area contributed by atoms with Crippen LogP contribution in [0.3, 0.4) is 0 Å². The summed E-state index contributed by atoms with van der Waals surface area (Å²) in [5.41, 5.74) is 3.44.